The fraction of sp³-hybridized carbons (Fsp3) is 0.333. The van der Waals surface area contributed by atoms with Gasteiger partial charge in [0.15, 0.2) is 5.78 Å². The number of rotatable bonds is 2. The number of benzene rings is 1. The molecule has 0 bridgehead atoms. The van der Waals surface area contributed by atoms with Gasteiger partial charge in [0.2, 0.25) is 5.91 Å². The molecule has 0 aliphatic carbocycles. The minimum Gasteiger partial charge on any atom is -0.378 e. The highest BCUT2D eigenvalue weighted by molar-refractivity contribution is 6.15. The maximum atomic E-state index is 11.6. The highest BCUT2D eigenvalue weighted by atomic mass is 16.2. The lowest BCUT2D eigenvalue weighted by molar-refractivity contribution is -0.121. The topological polar surface area (TPSA) is 40.6 Å². The SMILES string of the molecule is CN(C)c1cccc(N2CC(=O)CC2=O)c1. The summed E-state index contributed by atoms with van der Waals surface area (Å²) in [5.41, 5.74) is 1.81. The molecule has 1 aromatic carbocycles. The Labute approximate surface area is 94.5 Å². The lowest BCUT2D eigenvalue weighted by Gasteiger charge is -2.18. The van der Waals surface area contributed by atoms with Crippen LogP contribution in [0.1, 0.15) is 6.42 Å². The molecule has 1 heterocycles. The smallest absolute Gasteiger partial charge is 0.234 e. The van der Waals surface area contributed by atoms with Crippen LogP contribution in [0.25, 0.3) is 0 Å². The van der Waals surface area contributed by atoms with Gasteiger partial charge < -0.3 is 9.80 Å². The fourth-order valence-corrected chi connectivity index (χ4v) is 1.76. The molecule has 1 aliphatic rings. The zero-order valence-electron chi connectivity index (χ0n) is 9.43. The van der Waals surface area contributed by atoms with Crippen LogP contribution in [0.5, 0.6) is 0 Å². The van der Waals surface area contributed by atoms with Crippen molar-refractivity contribution in [1.29, 1.82) is 0 Å². The van der Waals surface area contributed by atoms with Crippen molar-refractivity contribution in [3.63, 3.8) is 0 Å². The highest BCUT2D eigenvalue weighted by Gasteiger charge is 2.28. The van der Waals surface area contributed by atoms with Crippen LogP contribution in [0.2, 0.25) is 0 Å². The molecule has 0 aromatic heterocycles. The van der Waals surface area contributed by atoms with Gasteiger partial charge in [0.1, 0.15) is 0 Å². The minimum atomic E-state index is -0.110. The first-order valence-corrected chi connectivity index (χ1v) is 5.17. The number of carbonyl (C=O) groups is 2. The molecule has 2 rings (SSSR count). The summed E-state index contributed by atoms with van der Waals surface area (Å²) in [6, 6.07) is 7.62. The number of hydrogen-bond donors (Lipinski definition) is 0. The third-order valence-electron chi connectivity index (χ3n) is 2.64. The summed E-state index contributed by atoms with van der Waals surface area (Å²) >= 11 is 0. The number of nitrogens with zero attached hydrogens (tertiary/aromatic N) is 2. The van der Waals surface area contributed by atoms with E-state index in [0.717, 1.165) is 11.4 Å². The summed E-state index contributed by atoms with van der Waals surface area (Å²) < 4.78 is 0. The van der Waals surface area contributed by atoms with Gasteiger partial charge in [-0.15, -0.1) is 0 Å². The largest absolute Gasteiger partial charge is 0.378 e. The molecule has 1 aliphatic heterocycles. The first-order chi connectivity index (χ1) is 7.58. The van der Waals surface area contributed by atoms with Gasteiger partial charge >= 0.3 is 0 Å². The second-order valence-electron chi connectivity index (χ2n) is 4.11. The normalized spacial score (nSPS) is 15.8. The minimum absolute atomic E-state index is 0.0137. The average molecular weight is 218 g/mol. The van der Waals surface area contributed by atoms with Crippen LogP contribution >= 0.6 is 0 Å². The van der Waals surface area contributed by atoms with Gasteiger partial charge in [0, 0.05) is 25.5 Å². The van der Waals surface area contributed by atoms with Gasteiger partial charge in [-0.2, -0.15) is 0 Å². The second kappa shape index (κ2) is 3.96. The Kier molecular flexibility index (Phi) is 2.64. The first-order valence-electron chi connectivity index (χ1n) is 5.17. The van der Waals surface area contributed by atoms with Crippen LogP contribution in [0.3, 0.4) is 0 Å². The number of hydrogen-bond acceptors (Lipinski definition) is 3. The predicted molar refractivity (Wildman–Crippen MR) is 62.7 cm³/mol. The van der Waals surface area contributed by atoms with Crippen LogP contribution in [0.4, 0.5) is 11.4 Å². The van der Waals surface area contributed by atoms with Gasteiger partial charge in [-0.1, -0.05) is 6.07 Å². The Morgan fingerprint density at radius 1 is 1.25 bits per heavy atom. The maximum Gasteiger partial charge on any atom is 0.234 e. The van der Waals surface area contributed by atoms with E-state index in [2.05, 4.69) is 0 Å². The van der Waals surface area contributed by atoms with E-state index in [-0.39, 0.29) is 24.7 Å². The Balaban J connectivity index is 2.30. The quantitative estimate of drug-likeness (QED) is 0.697. The zero-order valence-corrected chi connectivity index (χ0v) is 9.43. The number of amides is 1. The number of Topliss-reactive ketones (excluding diaryl/α,β-unsaturated/α-hetero) is 1. The van der Waals surface area contributed by atoms with Gasteiger partial charge in [0.25, 0.3) is 0 Å². The van der Waals surface area contributed by atoms with E-state index in [4.69, 9.17) is 0 Å². The summed E-state index contributed by atoms with van der Waals surface area (Å²) in [7, 11) is 3.88. The molecule has 0 N–H and O–H groups in total. The van der Waals surface area contributed by atoms with Crippen LogP contribution in [-0.4, -0.2) is 32.3 Å². The second-order valence-corrected chi connectivity index (χ2v) is 4.11. The molecular formula is C12H14N2O2. The zero-order chi connectivity index (χ0) is 11.7. The van der Waals surface area contributed by atoms with Gasteiger partial charge in [-0.05, 0) is 18.2 Å². The number of ketones is 1. The van der Waals surface area contributed by atoms with E-state index in [1.54, 1.807) is 0 Å². The lowest BCUT2D eigenvalue weighted by Crippen LogP contribution is -2.24. The van der Waals surface area contributed by atoms with Crippen molar-refractivity contribution in [1.82, 2.24) is 0 Å². The molecule has 1 saturated heterocycles. The summed E-state index contributed by atoms with van der Waals surface area (Å²) in [5.74, 6) is -0.124. The Morgan fingerprint density at radius 2 is 2.00 bits per heavy atom. The van der Waals surface area contributed by atoms with Crippen molar-refractivity contribution in [2.75, 3.05) is 30.4 Å². The van der Waals surface area contributed by atoms with Crippen LogP contribution in [0.15, 0.2) is 24.3 Å². The Morgan fingerprint density at radius 3 is 2.56 bits per heavy atom. The molecular weight excluding hydrogens is 204 g/mol. The van der Waals surface area contributed by atoms with Crippen molar-refractivity contribution >= 4 is 23.1 Å². The first kappa shape index (κ1) is 10.7. The van der Waals surface area contributed by atoms with Gasteiger partial charge in [-0.25, -0.2) is 0 Å². The molecule has 0 unspecified atom stereocenters. The molecule has 16 heavy (non-hydrogen) atoms. The van der Waals surface area contributed by atoms with Gasteiger partial charge in [0.05, 0.1) is 13.0 Å². The van der Waals surface area contributed by atoms with E-state index < -0.39 is 0 Å². The molecule has 0 radical (unpaired) electrons. The van der Waals surface area contributed by atoms with Crippen molar-refractivity contribution < 1.29 is 9.59 Å². The molecule has 0 saturated carbocycles. The summed E-state index contributed by atoms with van der Waals surface area (Å²) in [4.78, 5) is 26.2. The predicted octanol–water partition coefficient (Wildman–Crippen LogP) is 1.06. The molecule has 0 atom stereocenters. The molecule has 84 valence electrons. The number of carbonyl (C=O) groups excluding carboxylic acids is 2. The Hall–Kier alpha value is -1.84. The summed E-state index contributed by atoms with van der Waals surface area (Å²) in [6.45, 7) is 0.204. The molecule has 4 nitrogen and oxygen atoms in total. The summed E-state index contributed by atoms with van der Waals surface area (Å²) in [5, 5.41) is 0. The highest BCUT2D eigenvalue weighted by Crippen LogP contribution is 2.24. The average Bonchev–Trinajstić information content (AvgIpc) is 2.58. The van der Waals surface area contributed by atoms with Crippen molar-refractivity contribution in [3.05, 3.63) is 24.3 Å². The van der Waals surface area contributed by atoms with E-state index in [0.29, 0.717) is 0 Å². The molecule has 1 amide bonds. The monoisotopic (exact) mass is 218 g/mol. The lowest BCUT2D eigenvalue weighted by atomic mass is 10.2. The molecule has 1 aromatic rings. The maximum absolute atomic E-state index is 11.6. The van der Waals surface area contributed by atoms with E-state index in [9.17, 15) is 9.59 Å². The van der Waals surface area contributed by atoms with E-state index in [1.807, 2.05) is 43.3 Å². The van der Waals surface area contributed by atoms with Crippen LogP contribution < -0.4 is 9.80 Å². The van der Waals surface area contributed by atoms with Gasteiger partial charge in [-0.3, -0.25) is 9.59 Å². The Bertz CT molecular complexity index is 440. The third kappa shape index (κ3) is 1.91. The van der Waals surface area contributed by atoms with Crippen LogP contribution in [-0.2, 0) is 9.59 Å². The van der Waals surface area contributed by atoms with Crippen molar-refractivity contribution in [2.45, 2.75) is 6.42 Å². The fourth-order valence-electron chi connectivity index (χ4n) is 1.76. The van der Waals surface area contributed by atoms with Crippen molar-refractivity contribution in [3.8, 4) is 0 Å². The van der Waals surface area contributed by atoms with E-state index >= 15 is 0 Å². The third-order valence-corrected chi connectivity index (χ3v) is 2.64. The number of anilines is 2. The molecule has 4 heteroatoms. The standard InChI is InChI=1S/C12H14N2O2/c1-13(2)9-4-3-5-10(6-9)14-8-11(15)7-12(14)16/h3-6H,7-8H2,1-2H3. The van der Waals surface area contributed by atoms with E-state index in [1.165, 1.54) is 4.90 Å². The molecule has 1 fully saturated rings. The van der Waals surface area contributed by atoms with Crippen LogP contribution in [0, 0.1) is 0 Å². The molecule has 0 spiro atoms. The van der Waals surface area contributed by atoms with Crippen molar-refractivity contribution in [2.24, 2.45) is 0 Å². The summed E-state index contributed by atoms with van der Waals surface area (Å²) in [6.07, 6.45) is 0.0339.